The Morgan fingerprint density at radius 1 is 1.42 bits per heavy atom. The number of nitrogen functional groups attached to an aromatic ring is 1. The first-order valence-corrected chi connectivity index (χ1v) is 12.7. The Labute approximate surface area is 217 Å². The highest BCUT2D eigenvalue weighted by Gasteiger charge is 2.55. The number of anilines is 1. The number of hydrogen-bond acceptors (Lipinski definition) is 10. The maximum Gasteiger partial charge on any atom is 0.352 e. The first-order chi connectivity index (χ1) is 17.1. The predicted octanol–water partition coefficient (Wildman–Crippen LogP) is 1.31. The lowest BCUT2D eigenvalue weighted by Gasteiger charge is -2.49. The number of oxime groups is 1. The van der Waals surface area contributed by atoms with Crippen LogP contribution in [0.5, 0.6) is 0 Å². The number of nitrogens with one attached hydrogen (secondary N) is 1. The number of amides is 2. The fraction of sp³-hybridized carbons (Fsp3) is 0.238. The average Bonchev–Trinajstić information content (AvgIpc) is 3.40. The topological polar surface area (TPSA) is 171 Å². The summed E-state index contributed by atoms with van der Waals surface area (Å²) in [5, 5.41) is 24.8. The molecule has 1 aromatic heterocycles. The minimum atomic E-state index is -1.22. The summed E-state index contributed by atoms with van der Waals surface area (Å²) in [6, 6.07) is 4.53. The van der Waals surface area contributed by atoms with Crippen LogP contribution in [0.4, 0.5) is 10.8 Å². The molecule has 1 fully saturated rings. The number of carbonyl (C=O) groups is 3. The number of benzene rings is 1. The van der Waals surface area contributed by atoms with E-state index in [9.17, 15) is 24.7 Å². The largest absolute Gasteiger partial charge is 0.477 e. The minimum absolute atomic E-state index is 0.0753. The molecule has 36 heavy (non-hydrogen) atoms. The van der Waals surface area contributed by atoms with E-state index in [1.807, 2.05) is 31.5 Å². The smallest absolute Gasteiger partial charge is 0.352 e. The molecule has 4 heterocycles. The van der Waals surface area contributed by atoms with Gasteiger partial charge in [0.2, 0.25) is 11.5 Å². The van der Waals surface area contributed by atoms with Crippen molar-refractivity contribution in [3.05, 3.63) is 52.1 Å². The van der Waals surface area contributed by atoms with Crippen molar-refractivity contribution >= 4 is 75.3 Å². The van der Waals surface area contributed by atoms with Crippen LogP contribution in [0.25, 0.3) is 6.08 Å². The van der Waals surface area contributed by atoms with Gasteiger partial charge in [-0.05, 0) is 12.1 Å². The summed E-state index contributed by atoms with van der Waals surface area (Å²) in [6.07, 6.45) is 3.90. The molecule has 3 atom stereocenters. The van der Waals surface area contributed by atoms with E-state index >= 15 is 0 Å². The van der Waals surface area contributed by atoms with Crippen LogP contribution in [0.3, 0.4) is 0 Å². The Kier molecular flexibility index (Phi) is 5.98. The summed E-state index contributed by atoms with van der Waals surface area (Å²) in [4.78, 5) is 42.9. The van der Waals surface area contributed by atoms with Crippen LogP contribution >= 0.6 is 34.9 Å². The number of aromatic nitrogens is 2. The molecule has 2 aromatic rings. The van der Waals surface area contributed by atoms with Crippen molar-refractivity contribution in [3.63, 3.8) is 0 Å². The molecular weight excluding hydrogens is 530 g/mol. The molecule has 0 saturated carbocycles. The number of thioether (sulfide) groups is 1. The zero-order valence-electron chi connectivity index (χ0n) is 18.6. The van der Waals surface area contributed by atoms with Crippen molar-refractivity contribution in [3.8, 4) is 0 Å². The number of carbonyl (C=O) groups excluding carboxylic acids is 2. The number of quaternary nitrogens is 1. The molecule has 3 aliphatic heterocycles. The molecule has 0 spiro atoms. The highest BCUT2D eigenvalue weighted by Crippen LogP contribution is 2.43. The van der Waals surface area contributed by atoms with Gasteiger partial charge in [-0.25, -0.2) is 4.79 Å². The summed E-state index contributed by atoms with van der Waals surface area (Å²) < 4.78 is 4.16. The van der Waals surface area contributed by atoms with Gasteiger partial charge in [0.1, 0.15) is 35.5 Å². The molecule has 0 radical (unpaired) electrons. The van der Waals surface area contributed by atoms with E-state index in [0.717, 1.165) is 22.8 Å². The number of nitrogens with two attached hydrogens (primary N) is 1. The van der Waals surface area contributed by atoms with Crippen LogP contribution in [-0.2, 0) is 14.4 Å². The monoisotopic (exact) mass is 548 g/mol. The number of carboxylic acid groups (broad SMARTS) is 1. The molecule has 1 saturated heterocycles. The van der Waals surface area contributed by atoms with Gasteiger partial charge < -0.3 is 21.4 Å². The maximum absolute atomic E-state index is 13.0. The SMILES string of the molecule is C[N+]1(CC2=C(C(=O)O)N3C(=O)[C@@H](NC(=O)/C(=N\O)c4nsc(N)n4)[C@H]3SC2)C=Cc2cc(Cl)ccc21. The van der Waals surface area contributed by atoms with E-state index in [1.54, 1.807) is 6.07 Å². The number of hydrogen-bond donors (Lipinski definition) is 4. The Bertz CT molecular complexity index is 1410. The molecule has 12 nitrogen and oxygen atoms in total. The van der Waals surface area contributed by atoms with Gasteiger partial charge in [0.05, 0.1) is 7.05 Å². The van der Waals surface area contributed by atoms with Gasteiger partial charge in [-0.3, -0.25) is 19.0 Å². The number of rotatable bonds is 6. The Morgan fingerprint density at radius 3 is 2.86 bits per heavy atom. The summed E-state index contributed by atoms with van der Waals surface area (Å²) in [7, 11) is 1.95. The number of fused-ring (bicyclic) bond motifs is 2. The van der Waals surface area contributed by atoms with Crippen LogP contribution < -0.4 is 15.5 Å². The second kappa shape index (κ2) is 8.89. The van der Waals surface area contributed by atoms with Crippen molar-refractivity contribution in [2.24, 2.45) is 5.16 Å². The van der Waals surface area contributed by atoms with Crippen molar-refractivity contribution in [2.75, 3.05) is 25.1 Å². The molecule has 5 rings (SSSR count). The fourth-order valence-electron chi connectivity index (χ4n) is 4.52. The van der Waals surface area contributed by atoms with Crippen molar-refractivity contribution < 1.29 is 24.7 Å². The maximum atomic E-state index is 13.0. The standard InChI is InChI=1S/C21H18ClN7O5S2/c1-29(5-4-9-6-11(22)2-3-12(9)29)7-10-8-35-19-14(18(31)28(19)15(10)20(32)33)24-17(30)13(26-34)16-25-21(23)36-27-16/h2-6,14,19H,7-8H2,1H3,(H4-,23,24,25,27,30,32,33,34)/p+1/t14-,19-,29?/m1/s1. The normalized spacial score (nSPS) is 24.9. The molecule has 2 amide bonds. The molecule has 15 heteroatoms. The zero-order chi connectivity index (χ0) is 25.8. The third-order valence-electron chi connectivity index (χ3n) is 6.15. The first-order valence-electron chi connectivity index (χ1n) is 10.5. The van der Waals surface area contributed by atoms with E-state index in [2.05, 4.69) is 19.8 Å². The lowest BCUT2D eigenvalue weighted by Crippen LogP contribution is -2.71. The summed E-state index contributed by atoms with van der Waals surface area (Å²) in [6.45, 7) is 0.339. The second-order valence-corrected chi connectivity index (χ2v) is 10.8. The molecule has 3 aliphatic rings. The van der Waals surface area contributed by atoms with Crippen LogP contribution in [0, 0.1) is 0 Å². The molecule has 0 bridgehead atoms. The van der Waals surface area contributed by atoms with Crippen molar-refractivity contribution in [1.82, 2.24) is 24.1 Å². The van der Waals surface area contributed by atoms with Gasteiger partial charge in [-0.1, -0.05) is 16.8 Å². The molecule has 1 unspecified atom stereocenters. The first kappa shape index (κ1) is 24.2. The third kappa shape index (κ3) is 3.91. The predicted molar refractivity (Wildman–Crippen MR) is 135 cm³/mol. The molecule has 186 valence electrons. The Morgan fingerprint density at radius 2 is 2.19 bits per heavy atom. The average molecular weight is 549 g/mol. The van der Waals surface area contributed by atoms with E-state index in [1.165, 1.54) is 16.7 Å². The van der Waals surface area contributed by atoms with Crippen LogP contribution in [0.1, 0.15) is 11.4 Å². The molecule has 0 aliphatic carbocycles. The van der Waals surface area contributed by atoms with Crippen molar-refractivity contribution in [1.29, 1.82) is 0 Å². The number of halogens is 1. The van der Waals surface area contributed by atoms with Gasteiger partial charge in [0, 0.05) is 45.6 Å². The van der Waals surface area contributed by atoms with Crippen LogP contribution in [0.15, 0.2) is 40.8 Å². The number of β-lactam (4-membered cyclic amide) rings is 1. The van der Waals surface area contributed by atoms with E-state index in [4.69, 9.17) is 17.3 Å². The zero-order valence-corrected chi connectivity index (χ0v) is 21.0. The van der Waals surface area contributed by atoms with Crippen molar-refractivity contribution in [2.45, 2.75) is 11.4 Å². The molecule has 1 aromatic carbocycles. The van der Waals surface area contributed by atoms with E-state index in [-0.39, 0.29) is 16.7 Å². The van der Waals surface area contributed by atoms with E-state index < -0.39 is 34.9 Å². The number of carboxylic acids is 1. The van der Waals surface area contributed by atoms with Gasteiger partial charge >= 0.3 is 5.97 Å². The lowest BCUT2D eigenvalue weighted by atomic mass is 10.0. The molecule has 5 N–H and O–H groups in total. The summed E-state index contributed by atoms with van der Waals surface area (Å²) in [5.41, 5.74) is 7.44. The van der Waals surface area contributed by atoms with Crippen LogP contribution in [-0.4, -0.2) is 78.8 Å². The number of likely N-dealkylation sites (N-methyl/N-ethyl adjacent to an activating group) is 1. The summed E-state index contributed by atoms with van der Waals surface area (Å²) >= 11 is 8.27. The third-order valence-corrected chi connectivity index (χ3v) is 8.26. The van der Waals surface area contributed by atoms with Gasteiger partial charge in [-0.2, -0.15) is 9.36 Å². The summed E-state index contributed by atoms with van der Waals surface area (Å²) in [5.74, 6) is -2.51. The minimum Gasteiger partial charge on any atom is -0.477 e. The lowest BCUT2D eigenvalue weighted by molar-refractivity contribution is -0.150. The quantitative estimate of drug-likeness (QED) is 0.136. The van der Waals surface area contributed by atoms with Gasteiger partial charge in [0.15, 0.2) is 5.13 Å². The van der Waals surface area contributed by atoms with Crippen LogP contribution in [0.2, 0.25) is 5.02 Å². The highest BCUT2D eigenvalue weighted by molar-refractivity contribution is 8.00. The Balaban J connectivity index is 1.37. The van der Waals surface area contributed by atoms with Gasteiger partial charge in [-0.15, -0.1) is 11.8 Å². The highest BCUT2D eigenvalue weighted by atomic mass is 35.5. The van der Waals surface area contributed by atoms with Gasteiger partial charge in [0.25, 0.3) is 11.8 Å². The number of aliphatic carboxylic acids is 1. The van der Waals surface area contributed by atoms with E-state index in [0.29, 0.717) is 27.4 Å². The molecular formula is C21H19ClN7O5S2+. The second-order valence-electron chi connectivity index (χ2n) is 8.47. The Hall–Kier alpha value is -3.46. The fourth-order valence-corrected chi connectivity index (χ4v) is 6.47. The number of nitrogens with zero attached hydrogens (tertiary/aromatic N) is 5.